The third kappa shape index (κ3) is 4.35. The van der Waals surface area contributed by atoms with Gasteiger partial charge in [0.2, 0.25) is 0 Å². The number of rotatable bonds is 4. The first-order valence-corrected chi connectivity index (χ1v) is 10.9. The van der Waals surface area contributed by atoms with E-state index in [0.29, 0.717) is 16.8 Å². The van der Waals surface area contributed by atoms with E-state index in [9.17, 15) is 19.5 Å². The van der Waals surface area contributed by atoms with Crippen molar-refractivity contribution in [1.82, 2.24) is 0 Å². The molecular weight excluding hydrogens is 430 g/mol. The Morgan fingerprint density at radius 3 is 2.15 bits per heavy atom. The number of ketones is 1. The maximum absolute atomic E-state index is 13.3. The van der Waals surface area contributed by atoms with Gasteiger partial charge in [-0.15, -0.1) is 0 Å². The van der Waals surface area contributed by atoms with Gasteiger partial charge < -0.3 is 9.84 Å². The highest BCUT2D eigenvalue weighted by Gasteiger charge is 2.47. The molecule has 0 bridgehead atoms. The number of Topliss-reactive ketones (excluding diaryl/α,β-unsaturated/α-hetero) is 1. The zero-order valence-electron chi connectivity index (χ0n) is 19.5. The molecule has 1 aliphatic heterocycles. The molecule has 1 amide bonds. The van der Waals surface area contributed by atoms with Gasteiger partial charge in [-0.3, -0.25) is 19.3 Å². The van der Waals surface area contributed by atoms with Crippen molar-refractivity contribution in [3.05, 3.63) is 100 Å². The number of amides is 1. The van der Waals surface area contributed by atoms with E-state index < -0.39 is 23.7 Å². The molecule has 3 aromatic rings. The lowest BCUT2D eigenvalue weighted by Gasteiger charge is -2.26. The summed E-state index contributed by atoms with van der Waals surface area (Å²) in [6.45, 7) is 7.04. The minimum atomic E-state index is -0.905. The summed E-state index contributed by atoms with van der Waals surface area (Å²) in [5.41, 5.74) is 4.36. The molecule has 0 radical (unpaired) electrons. The Morgan fingerprint density at radius 1 is 0.882 bits per heavy atom. The average Bonchev–Trinajstić information content (AvgIpc) is 3.03. The SMILES string of the molecule is CC(=O)Oc1cccc(C2/C(=C(\O)c3ccc(C)cc3)C(=O)C(=O)N2c2cc(C)cc(C)c2)c1. The van der Waals surface area contributed by atoms with Gasteiger partial charge in [0.25, 0.3) is 11.7 Å². The van der Waals surface area contributed by atoms with E-state index in [1.165, 1.54) is 11.8 Å². The molecule has 1 heterocycles. The molecule has 0 spiro atoms. The van der Waals surface area contributed by atoms with Crippen LogP contribution in [0.3, 0.4) is 0 Å². The van der Waals surface area contributed by atoms with Crippen LogP contribution >= 0.6 is 0 Å². The van der Waals surface area contributed by atoms with Crippen LogP contribution < -0.4 is 9.64 Å². The Kier molecular flexibility index (Phi) is 6.07. The summed E-state index contributed by atoms with van der Waals surface area (Å²) in [4.78, 5) is 39.5. The first-order valence-electron chi connectivity index (χ1n) is 10.9. The van der Waals surface area contributed by atoms with Crippen molar-refractivity contribution in [3.8, 4) is 5.75 Å². The summed E-state index contributed by atoms with van der Waals surface area (Å²) >= 11 is 0. The predicted octanol–water partition coefficient (Wildman–Crippen LogP) is 5.16. The van der Waals surface area contributed by atoms with Gasteiger partial charge in [-0.2, -0.15) is 0 Å². The van der Waals surface area contributed by atoms with Crippen molar-refractivity contribution in [3.63, 3.8) is 0 Å². The number of carbonyl (C=O) groups excluding carboxylic acids is 3. The molecule has 1 unspecified atom stereocenters. The zero-order chi connectivity index (χ0) is 24.6. The molecule has 6 heteroatoms. The monoisotopic (exact) mass is 455 g/mol. The minimum Gasteiger partial charge on any atom is -0.507 e. The Morgan fingerprint density at radius 2 is 1.53 bits per heavy atom. The molecule has 1 aliphatic rings. The van der Waals surface area contributed by atoms with Crippen molar-refractivity contribution < 1.29 is 24.2 Å². The lowest BCUT2D eigenvalue weighted by atomic mass is 9.94. The quantitative estimate of drug-likeness (QED) is 0.193. The topological polar surface area (TPSA) is 83.9 Å². The fourth-order valence-corrected chi connectivity index (χ4v) is 4.28. The summed E-state index contributed by atoms with van der Waals surface area (Å²) in [7, 11) is 0. The van der Waals surface area contributed by atoms with Crippen molar-refractivity contribution in [1.29, 1.82) is 0 Å². The minimum absolute atomic E-state index is 0.0204. The van der Waals surface area contributed by atoms with Gasteiger partial charge in [0.15, 0.2) is 0 Å². The number of ether oxygens (including phenoxy) is 1. The molecule has 0 aromatic heterocycles. The highest BCUT2D eigenvalue weighted by molar-refractivity contribution is 6.51. The third-order valence-electron chi connectivity index (χ3n) is 5.69. The van der Waals surface area contributed by atoms with E-state index in [2.05, 4.69) is 0 Å². The zero-order valence-corrected chi connectivity index (χ0v) is 19.5. The van der Waals surface area contributed by atoms with Gasteiger partial charge in [0, 0.05) is 18.2 Å². The van der Waals surface area contributed by atoms with Gasteiger partial charge in [0.1, 0.15) is 11.5 Å². The third-order valence-corrected chi connectivity index (χ3v) is 5.69. The van der Waals surface area contributed by atoms with Crippen molar-refractivity contribution in [2.24, 2.45) is 0 Å². The lowest BCUT2D eigenvalue weighted by molar-refractivity contribution is -0.132. The standard InChI is InChI=1S/C28H25NO5/c1-16-8-10-20(11-9-16)26(31)24-25(21-6-5-7-23(15-21)34-19(4)30)29(28(33)27(24)32)22-13-17(2)12-18(3)14-22/h5-15,25,31H,1-4H3/b26-24+. The number of aryl methyl sites for hydroxylation is 3. The number of benzene rings is 3. The fourth-order valence-electron chi connectivity index (χ4n) is 4.28. The van der Waals surface area contributed by atoms with Gasteiger partial charge in [-0.1, -0.05) is 48.0 Å². The van der Waals surface area contributed by atoms with Crippen molar-refractivity contribution >= 4 is 29.1 Å². The van der Waals surface area contributed by atoms with Crippen LogP contribution in [0.4, 0.5) is 5.69 Å². The normalized spacial score (nSPS) is 17.2. The molecule has 4 rings (SSSR count). The van der Waals surface area contributed by atoms with E-state index in [-0.39, 0.29) is 17.1 Å². The maximum atomic E-state index is 13.3. The van der Waals surface area contributed by atoms with E-state index >= 15 is 0 Å². The number of anilines is 1. The van der Waals surface area contributed by atoms with Crippen LogP contribution in [-0.2, 0) is 14.4 Å². The Labute approximate surface area is 198 Å². The molecule has 0 saturated carbocycles. The number of esters is 1. The first kappa shape index (κ1) is 23.0. The Balaban J connectivity index is 1.96. The second-order valence-corrected chi connectivity index (χ2v) is 8.55. The number of carbonyl (C=O) groups is 3. The number of aliphatic hydroxyl groups excluding tert-OH is 1. The second kappa shape index (κ2) is 8.98. The van der Waals surface area contributed by atoms with E-state index in [1.54, 1.807) is 36.4 Å². The van der Waals surface area contributed by atoms with Gasteiger partial charge in [-0.05, 0) is 61.7 Å². The summed E-state index contributed by atoms with van der Waals surface area (Å²) in [5, 5.41) is 11.2. The molecule has 3 aromatic carbocycles. The fraction of sp³-hybridized carbons (Fsp3) is 0.179. The summed E-state index contributed by atoms with van der Waals surface area (Å²) in [5.74, 6) is -1.97. The van der Waals surface area contributed by atoms with E-state index in [0.717, 1.165) is 16.7 Å². The Hall–Kier alpha value is -4.19. The van der Waals surface area contributed by atoms with Crippen molar-refractivity contribution in [2.75, 3.05) is 4.90 Å². The Bertz CT molecular complexity index is 1320. The van der Waals surface area contributed by atoms with Crippen LogP contribution in [0.5, 0.6) is 5.75 Å². The van der Waals surface area contributed by atoms with Crippen molar-refractivity contribution in [2.45, 2.75) is 33.7 Å². The van der Waals surface area contributed by atoms with Crippen LogP contribution in [0.15, 0.2) is 72.3 Å². The van der Waals surface area contributed by atoms with Crippen LogP contribution in [0.1, 0.15) is 40.8 Å². The maximum Gasteiger partial charge on any atom is 0.308 e. The molecule has 172 valence electrons. The molecule has 1 atom stereocenters. The van der Waals surface area contributed by atoms with Crippen LogP contribution in [0, 0.1) is 20.8 Å². The number of hydrogen-bond acceptors (Lipinski definition) is 5. The average molecular weight is 456 g/mol. The highest BCUT2D eigenvalue weighted by Crippen LogP contribution is 2.43. The second-order valence-electron chi connectivity index (χ2n) is 8.55. The molecule has 6 nitrogen and oxygen atoms in total. The van der Waals surface area contributed by atoms with Gasteiger partial charge >= 0.3 is 5.97 Å². The van der Waals surface area contributed by atoms with Gasteiger partial charge in [-0.25, -0.2) is 0 Å². The van der Waals surface area contributed by atoms with E-state index in [1.807, 2.05) is 51.1 Å². The molecule has 1 saturated heterocycles. The predicted molar refractivity (Wildman–Crippen MR) is 130 cm³/mol. The van der Waals surface area contributed by atoms with Gasteiger partial charge in [0.05, 0.1) is 11.6 Å². The first-order chi connectivity index (χ1) is 16.2. The number of hydrogen-bond donors (Lipinski definition) is 1. The summed E-state index contributed by atoms with van der Waals surface area (Å²) in [6.07, 6.45) is 0. The molecule has 0 aliphatic carbocycles. The van der Waals surface area contributed by atoms with Crippen LogP contribution in [0.2, 0.25) is 0 Å². The van der Waals surface area contributed by atoms with Crippen LogP contribution in [0.25, 0.3) is 5.76 Å². The molecule has 34 heavy (non-hydrogen) atoms. The lowest BCUT2D eigenvalue weighted by Crippen LogP contribution is -2.29. The molecule has 1 N–H and O–H groups in total. The molecule has 1 fully saturated rings. The highest BCUT2D eigenvalue weighted by atomic mass is 16.5. The number of aliphatic hydroxyl groups is 1. The smallest absolute Gasteiger partial charge is 0.308 e. The van der Waals surface area contributed by atoms with Crippen LogP contribution in [-0.4, -0.2) is 22.8 Å². The number of nitrogens with zero attached hydrogens (tertiary/aromatic N) is 1. The van der Waals surface area contributed by atoms with E-state index in [4.69, 9.17) is 4.74 Å². The summed E-state index contributed by atoms with van der Waals surface area (Å²) in [6, 6.07) is 18.4. The molecular formula is C28H25NO5. The summed E-state index contributed by atoms with van der Waals surface area (Å²) < 4.78 is 5.23. The largest absolute Gasteiger partial charge is 0.507 e.